The van der Waals surface area contributed by atoms with E-state index in [9.17, 15) is 0 Å². The second kappa shape index (κ2) is 4.71. The SMILES string of the molecule is Cc1cc(C)c(Oc2ncncc2Br)cc1N. The maximum absolute atomic E-state index is 5.86. The predicted molar refractivity (Wildman–Crippen MR) is 70.1 cm³/mol. The van der Waals surface area contributed by atoms with Crippen LogP contribution in [0.1, 0.15) is 11.1 Å². The molecule has 2 rings (SSSR count). The van der Waals surface area contributed by atoms with Gasteiger partial charge in [-0.25, -0.2) is 9.97 Å². The molecule has 0 bridgehead atoms. The standard InChI is InChI=1S/C12H12BrN3O/c1-7-3-8(2)11(4-10(7)14)17-12-9(13)5-15-6-16-12/h3-6H,14H2,1-2H3. The number of hydrogen-bond acceptors (Lipinski definition) is 4. The van der Waals surface area contributed by atoms with Gasteiger partial charge in [0, 0.05) is 18.0 Å². The number of ether oxygens (including phenoxy) is 1. The number of nitrogens with zero attached hydrogens (tertiary/aromatic N) is 2. The van der Waals surface area contributed by atoms with Gasteiger partial charge in [-0.2, -0.15) is 0 Å². The zero-order chi connectivity index (χ0) is 12.4. The number of benzene rings is 1. The third kappa shape index (κ3) is 2.55. The molecule has 0 fully saturated rings. The Morgan fingerprint density at radius 3 is 2.71 bits per heavy atom. The summed E-state index contributed by atoms with van der Waals surface area (Å²) in [5, 5.41) is 0. The largest absolute Gasteiger partial charge is 0.437 e. The van der Waals surface area contributed by atoms with E-state index in [1.165, 1.54) is 6.33 Å². The van der Waals surface area contributed by atoms with Gasteiger partial charge in [0.15, 0.2) is 0 Å². The van der Waals surface area contributed by atoms with Crippen LogP contribution in [0, 0.1) is 13.8 Å². The van der Waals surface area contributed by atoms with Gasteiger partial charge in [-0.3, -0.25) is 0 Å². The quantitative estimate of drug-likeness (QED) is 0.864. The second-order valence-corrected chi connectivity index (χ2v) is 4.61. The molecule has 1 aromatic heterocycles. The summed E-state index contributed by atoms with van der Waals surface area (Å²) in [4.78, 5) is 7.92. The highest BCUT2D eigenvalue weighted by Crippen LogP contribution is 2.31. The van der Waals surface area contributed by atoms with Crippen LogP contribution < -0.4 is 10.5 Å². The van der Waals surface area contributed by atoms with Crippen molar-refractivity contribution in [3.8, 4) is 11.6 Å². The van der Waals surface area contributed by atoms with Crippen LogP contribution in [0.5, 0.6) is 11.6 Å². The van der Waals surface area contributed by atoms with E-state index in [1.807, 2.05) is 19.9 Å². The summed E-state index contributed by atoms with van der Waals surface area (Å²) in [6.07, 6.45) is 3.07. The highest BCUT2D eigenvalue weighted by molar-refractivity contribution is 9.10. The Morgan fingerprint density at radius 2 is 2.00 bits per heavy atom. The van der Waals surface area contributed by atoms with Crippen LogP contribution >= 0.6 is 15.9 Å². The highest BCUT2D eigenvalue weighted by atomic mass is 79.9. The summed E-state index contributed by atoms with van der Waals surface area (Å²) >= 11 is 3.33. The first-order valence-electron chi connectivity index (χ1n) is 5.08. The molecule has 5 heteroatoms. The molecule has 2 N–H and O–H groups in total. The number of halogens is 1. The van der Waals surface area contributed by atoms with Crippen molar-refractivity contribution in [2.45, 2.75) is 13.8 Å². The number of hydrogen-bond donors (Lipinski definition) is 1. The zero-order valence-corrected chi connectivity index (χ0v) is 11.2. The molecule has 0 saturated carbocycles. The average molecular weight is 294 g/mol. The summed E-state index contributed by atoms with van der Waals surface area (Å²) in [6.45, 7) is 3.93. The molecule has 0 unspecified atom stereocenters. The van der Waals surface area contributed by atoms with Crippen LogP contribution in [0.3, 0.4) is 0 Å². The van der Waals surface area contributed by atoms with Crippen molar-refractivity contribution in [1.29, 1.82) is 0 Å². The molecule has 88 valence electrons. The van der Waals surface area contributed by atoms with Crippen molar-refractivity contribution in [1.82, 2.24) is 9.97 Å². The normalized spacial score (nSPS) is 10.3. The maximum atomic E-state index is 5.86. The Hall–Kier alpha value is -1.62. The van der Waals surface area contributed by atoms with Gasteiger partial charge < -0.3 is 10.5 Å². The average Bonchev–Trinajstić information content (AvgIpc) is 2.29. The number of rotatable bonds is 2. The van der Waals surface area contributed by atoms with Gasteiger partial charge in [0.05, 0.1) is 4.47 Å². The lowest BCUT2D eigenvalue weighted by molar-refractivity contribution is 0.455. The van der Waals surface area contributed by atoms with Crippen LogP contribution in [0.25, 0.3) is 0 Å². The number of aryl methyl sites for hydroxylation is 2. The molecule has 0 saturated heterocycles. The molecule has 0 radical (unpaired) electrons. The number of aromatic nitrogens is 2. The minimum Gasteiger partial charge on any atom is -0.437 e. The number of anilines is 1. The van der Waals surface area contributed by atoms with Crippen LogP contribution in [0.2, 0.25) is 0 Å². The summed E-state index contributed by atoms with van der Waals surface area (Å²) in [5.41, 5.74) is 8.62. The molecule has 4 nitrogen and oxygen atoms in total. The molecule has 0 aliphatic rings. The van der Waals surface area contributed by atoms with Gasteiger partial charge in [0.25, 0.3) is 0 Å². The van der Waals surface area contributed by atoms with E-state index in [2.05, 4.69) is 25.9 Å². The van der Waals surface area contributed by atoms with E-state index in [4.69, 9.17) is 10.5 Å². The minimum absolute atomic E-state index is 0.478. The molecular formula is C12H12BrN3O. The Morgan fingerprint density at radius 1 is 1.24 bits per heavy atom. The van der Waals surface area contributed by atoms with E-state index >= 15 is 0 Å². The van der Waals surface area contributed by atoms with Crippen molar-refractivity contribution >= 4 is 21.6 Å². The van der Waals surface area contributed by atoms with Gasteiger partial charge in [-0.05, 0) is 40.9 Å². The van der Waals surface area contributed by atoms with Crippen molar-refractivity contribution in [3.63, 3.8) is 0 Å². The zero-order valence-electron chi connectivity index (χ0n) is 9.57. The van der Waals surface area contributed by atoms with E-state index in [0.717, 1.165) is 11.1 Å². The van der Waals surface area contributed by atoms with Crippen molar-refractivity contribution in [2.24, 2.45) is 0 Å². The van der Waals surface area contributed by atoms with E-state index in [1.54, 1.807) is 12.3 Å². The highest BCUT2D eigenvalue weighted by Gasteiger charge is 2.08. The Kier molecular flexibility index (Phi) is 3.28. The van der Waals surface area contributed by atoms with Crippen molar-refractivity contribution in [2.75, 3.05) is 5.73 Å². The third-order valence-electron chi connectivity index (χ3n) is 2.40. The number of nitrogen functional groups attached to an aromatic ring is 1. The first-order valence-corrected chi connectivity index (χ1v) is 5.87. The monoisotopic (exact) mass is 293 g/mol. The van der Waals surface area contributed by atoms with Crippen LogP contribution in [-0.2, 0) is 0 Å². The van der Waals surface area contributed by atoms with Gasteiger partial charge in [-0.1, -0.05) is 6.07 Å². The van der Waals surface area contributed by atoms with E-state index in [-0.39, 0.29) is 0 Å². The Bertz CT molecular complexity index is 557. The maximum Gasteiger partial charge on any atom is 0.236 e. The summed E-state index contributed by atoms with van der Waals surface area (Å²) < 4.78 is 6.40. The second-order valence-electron chi connectivity index (χ2n) is 3.75. The molecule has 0 spiro atoms. The molecule has 0 amide bonds. The van der Waals surface area contributed by atoms with Crippen molar-refractivity contribution < 1.29 is 4.74 Å². The molecular weight excluding hydrogens is 282 g/mol. The first-order chi connectivity index (χ1) is 8.08. The summed E-state index contributed by atoms with van der Waals surface area (Å²) in [5.74, 6) is 1.18. The molecule has 2 aromatic rings. The predicted octanol–water partition coefficient (Wildman–Crippen LogP) is 3.23. The molecule has 0 aliphatic carbocycles. The van der Waals surface area contributed by atoms with Gasteiger partial charge >= 0.3 is 0 Å². The fraction of sp³-hybridized carbons (Fsp3) is 0.167. The van der Waals surface area contributed by atoms with Gasteiger partial charge in [0.1, 0.15) is 12.1 Å². The Labute approximate surface area is 108 Å². The van der Waals surface area contributed by atoms with Crippen molar-refractivity contribution in [3.05, 3.63) is 40.3 Å². The molecule has 17 heavy (non-hydrogen) atoms. The fourth-order valence-corrected chi connectivity index (χ4v) is 1.74. The molecule has 1 aromatic carbocycles. The third-order valence-corrected chi connectivity index (χ3v) is 2.95. The molecule has 0 aliphatic heterocycles. The van der Waals surface area contributed by atoms with Crippen LogP contribution in [-0.4, -0.2) is 9.97 Å². The smallest absolute Gasteiger partial charge is 0.236 e. The first kappa shape index (κ1) is 11.9. The molecule has 0 atom stereocenters. The van der Waals surface area contributed by atoms with E-state index < -0.39 is 0 Å². The van der Waals surface area contributed by atoms with Gasteiger partial charge in [-0.15, -0.1) is 0 Å². The lowest BCUT2D eigenvalue weighted by Crippen LogP contribution is -1.96. The summed E-state index contributed by atoms with van der Waals surface area (Å²) in [6, 6.07) is 3.79. The lowest BCUT2D eigenvalue weighted by atomic mass is 10.1. The van der Waals surface area contributed by atoms with E-state index in [0.29, 0.717) is 21.8 Å². The number of nitrogens with two attached hydrogens (primary N) is 1. The lowest BCUT2D eigenvalue weighted by Gasteiger charge is -2.11. The van der Waals surface area contributed by atoms with Gasteiger partial charge in [0.2, 0.25) is 5.88 Å². The Balaban J connectivity index is 2.37. The topological polar surface area (TPSA) is 61.0 Å². The van der Waals surface area contributed by atoms with Crippen LogP contribution in [0.4, 0.5) is 5.69 Å². The van der Waals surface area contributed by atoms with Crippen LogP contribution in [0.15, 0.2) is 29.1 Å². The minimum atomic E-state index is 0.478. The summed E-state index contributed by atoms with van der Waals surface area (Å²) in [7, 11) is 0. The molecule has 1 heterocycles. The fourth-order valence-electron chi connectivity index (χ4n) is 1.44.